The molecule has 0 unspecified atom stereocenters. The number of aryl methyl sites for hydroxylation is 1. The SMILES string of the molecule is Cc1ccc(C(=O)N2CCN(Cc3ccccc3)CC2)n1C. The van der Waals surface area contributed by atoms with Crippen molar-refractivity contribution in [3.05, 3.63) is 59.4 Å². The molecule has 1 amide bonds. The predicted octanol–water partition coefficient (Wildman–Crippen LogP) is 2.29. The summed E-state index contributed by atoms with van der Waals surface area (Å²) >= 11 is 0. The van der Waals surface area contributed by atoms with Gasteiger partial charge in [-0.1, -0.05) is 30.3 Å². The fourth-order valence-corrected chi connectivity index (χ4v) is 2.94. The average molecular weight is 297 g/mol. The topological polar surface area (TPSA) is 28.5 Å². The van der Waals surface area contributed by atoms with Gasteiger partial charge in [0.15, 0.2) is 0 Å². The Balaban J connectivity index is 1.57. The third-order valence-electron chi connectivity index (χ3n) is 4.50. The van der Waals surface area contributed by atoms with E-state index in [-0.39, 0.29) is 5.91 Å². The Morgan fingerprint density at radius 3 is 2.27 bits per heavy atom. The maximum absolute atomic E-state index is 12.6. The molecule has 116 valence electrons. The molecule has 0 radical (unpaired) electrons. The summed E-state index contributed by atoms with van der Waals surface area (Å²) in [5.74, 6) is 0.148. The zero-order valence-corrected chi connectivity index (χ0v) is 13.3. The third kappa shape index (κ3) is 3.07. The molecule has 1 fully saturated rings. The normalized spacial score (nSPS) is 16.0. The largest absolute Gasteiger partial charge is 0.344 e. The summed E-state index contributed by atoms with van der Waals surface area (Å²) in [5.41, 5.74) is 3.24. The second-order valence-corrected chi connectivity index (χ2v) is 5.97. The molecule has 0 atom stereocenters. The van der Waals surface area contributed by atoms with Crippen LogP contribution in [0.15, 0.2) is 42.5 Å². The van der Waals surface area contributed by atoms with Crippen LogP contribution in [0.4, 0.5) is 0 Å². The van der Waals surface area contributed by atoms with Crippen LogP contribution in [0.5, 0.6) is 0 Å². The van der Waals surface area contributed by atoms with Gasteiger partial charge in [0.2, 0.25) is 0 Å². The summed E-state index contributed by atoms with van der Waals surface area (Å²) in [7, 11) is 1.95. The number of hydrogen-bond acceptors (Lipinski definition) is 2. The lowest BCUT2D eigenvalue weighted by Gasteiger charge is -2.34. The molecule has 2 aromatic rings. The molecule has 1 saturated heterocycles. The highest BCUT2D eigenvalue weighted by atomic mass is 16.2. The van der Waals surface area contributed by atoms with Crippen LogP contribution in [0.25, 0.3) is 0 Å². The lowest BCUT2D eigenvalue weighted by Crippen LogP contribution is -2.48. The van der Waals surface area contributed by atoms with E-state index in [2.05, 4.69) is 29.2 Å². The standard InChI is InChI=1S/C18H23N3O/c1-15-8-9-17(19(15)2)18(22)21-12-10-20(11-13-21)14-16-6-4-3-5-7-16/h3-9H,10-14H2,1-2H3. The Morgan fingerprint density at radius 1 is 1.00 bits per heavy atom. The van der Waals surface area contributed by atoms with Gasteiger partial charge in [-0.15, -0.1) is 0 Å². The van der Waals surface area contributed by atoms with Crippen molar-refractivity contribution in [2.24, 2.45) is 7.05 Å². The second kappa shape index (κ2) is 6.36. The van der Waals surface area contributed by atoms with Crippen molar-refractivity contribution in [1.82, 2.24) is 14.4 Å². The third-order valence-corrected chi connectivity index (χ3v) is 4.50. The number of piperazine rings is 1. The highest BCUT2D eigenvalue weighted by Crippen LogP contribution is 2.13. The summed E-state index contributed by atoms with van der Waals surface area (Å²) in [5, 5.41) is 0. The fourth-order valence-electron chi connectivity index (χ4n) is 2.94. The Bertz CT molecular complexity index is 640. The van der Waals surface area contributed by atoms with Crippen molar-refractivity contribution >= 4 is 5.91 Å². The van der Waals surface area contributed by atoms with Crippen LogP contribution >= 0.6 is 0 Å². The first-order valence-electron chi connectivity index (χ1n) is 7.83. The van der Waals surface area contributed by atoms with E-state index in [9.17, 15) is 4.79 Å². The Kier molecular flexibility index (Phi) is 4.29. The zero-order valence-electron chi connectivity index (χ0n) is 13.3. The zero-order chi connectivity index (χ0) is 15.5. The molecule has 1 aromatic heterocycles. The van der Waals surface area contributed by atoms with Crippen LogP contribution in [0, 0.1) is 6.92 Å². The van der Waals surface area contributed by atoms with Crippen LogP contribution in [-0.2, 0) is 13.6 Å². The first-order chi connectivity index (χ1) is 10.6. The molecule has 2 heterocycles. The van der Waals surface area contributed by atoms with Gasteiger partial charge in [-0.05, 0) is 24.6 Å². The number of rotatable bonds is 3. The maximum Gasteiger partial charge on any atom is 0.270 e. The highest BCUT2D eigenvalue weighted by Gasteiger charge is 2.23. The molecule has 4 heteroatoms. The molecular weight excluding hydrogens is 274 g/mol. The summed E-state index contributed by atoms with van der Waals surface area (Å²) in [4.78, 5) is 17.0. The second-order valence-electron chi connectivity index (χ2n) is 5.97. The summed E-state index contributed by atoms with van der Waals surface area (Å²) in [6.45, 7) is 6.46. The van der Waals surface area contributed by atoms with Gasteiger partial charge >= 0.3 is 0 Å². The fraction of sp³-hybridized carbons (Fsp3) is 0.389. The van der Waals surface area contributed by atoms with E-state index >= 15 is 0 Å². The van der Waals surface area contributed by atoms with Gasteiger partial charge in [-0.3, -0.25) is 9.69 Å². The number of nitrogens with zero attached hydrogens (tertiary/aromatic N) is 3. The van der Waals surface area contributed by atoms with Crippen molar-refractivity contribution in [1.29, 1.82) is 0 Å². The van der Waals surface area contributed by atoms with Crippen molar-refractivity contribution < 1.29 is 4.79 Å². The molecule has 0 aliphatic carbocycles. The van der Waals surface area contributed by atoms with Crippen LogP contribution in [0.1, 0.15) is 21.7 Å². The smallest absolute Gasteiger partial charge is 0.270 e. The lowest BCUT2D eigenvalue weighted by molar-refractivity contribution is 0.0619. The van der Waals surface area contributed by atoms with E-state index in [1.165, 1.54) is 5.56 Å². The Hall–Kier alpha value is -2.07. The van der Waals surface area contributed by atoms with Gasteiger partial charge in [0.05, 0.1) is 0 Å². The van der Waals surface area contributed by atoms with Gasteiger partial charge in [0, 0.05) is 45.5 Å². The first kappa shape index (κ1) is 14.9. The molecule has 0 bridgehead atoms. The number of amides is 1. The number of aromatic nitrogens is 1. The van der Waals surface area contributed by atoms with Crippen molar-refractivity contribution in [2.45, 2.75) is 13.5 Å². The summed E-state index contributed by atoms with van der Waals surface area (Å²) < 4.78 is 1.97. The van der Waals surface area contributed by atoms with Gasteiger partial charge in [0.25, 0.3) is 5.91 Å². The molecule has 22 heavy (non-hydrogen) atoms. The van der Waals surface area contributed by atoms with E-state index in [0.29, 0.717) is 0 Å². The van der Waals surface area contributed by atoms with E-state index in [1.54, 1.807) is 0 Å². The van der Waals surface area contributed by atoms with Crippen LogP contribution in [0.2, 0.25) is 0 Å². The van der Waals surface area contributed by atoms with Gasteiger partial charge in [0.1, 0.15) is 5.69 Å². The van der Waals surface area contributed by atoms with Crippen molar-refractivity contribution in [3.8, 4) is 0 Å². The maximum atomic E-state index is 12.6. The van der Waals surface area contributed by atoms with Gasteiger partial charge in [-0.25, -0.2) is 0 Å². The minimum atomic E-state index is 0.148. The van der Waals surface area contributed by atoms with E-state index in [4.69, 9.17) is 0 Å². The minimum absolute atomic E-state index is 0.148. The average Bonchev–Trinajstić information content (AvgIpc) is 2.88. The van der Waals surface area contributed by atoms with Gasteiger partial charge in [-0.2, -0.15) is 0 Å². The lowest BCUT2D eigenvalue weighted by atomic mass is 10.2. The van der Waals surface area contributed by atoms with Crippen molar-refractivity contribution in [3.63, 3.8) is 0 Å². The van der Waals surface area contributed by atoms with E-state index in [0.717, 1.165) is 44.1 Å². The molecule has 1 aliphatic heterocycles. The summed E-state index contributed by atoms with van der Waals surface area (Å²) in [6, 6.07) is 14.4. The van der Waals surface area contributed by atoms with E-state index < -0.39 is 0 Å². The molecular formula is C18H23N3O. The minimum Gasteiger partial charge on any atom is -0.344 e. The summed E-state index contributed by atoms with van der Waals surface area (Å²) in [6.07, 6.45) is 0. The number of carbonyl (C=O) groups is 1. The molecule has 1 aliphatic rings. The van der Waals surface area contributed by atoms with E-state index in [1.807, 2.05) is 41.6 Å². The first-order valence-corrected chi connectivity index (χ1v) is 7.83. The van der Waals surface area contributed by atoms with Crippen LogP contribution in [0.3, 0.4) is 0 Å². The number of benzene rings is 1. The molecule has 3 rings (SSSR count). The number of hydrogen-bond donors (Lipinski definition) is 0. The van der Waals surface area contributed by atoms with Crippen LogP contribution < -0.4 is 0 Å². The number of carbonyl (C=O) groups excluding carboxylic acids is 1. The predicted molar refractivity (Wildman–Crippen MR) is 87.8 cm³/mol. The molecule has 0 N–H and O–H groups in total. The monoisotopic (exact) mass is 297 g/mol. The highest BCUT2D eigenvalue weighted by molar-refractivity contribution is 5.93. The molecule has 0 saturated carbocycles. The molecule has 1 aromatic carbocycles. The Labute approximate surface area is 132 Å². The van der Waals surface area contributed by atoms with Gasteiger partial charge < -0.3 is 9.47 Å². The Morgan fingerprint density at radius 2 is 1.68 bits per heavy atom. The molecule has 4 nitrogen and oxygen atoms in total. The van der Waals surface area contributed by atoms with Crippen molar-refractivity contribution in [2.75, 3.05) is 26.2 Å². The quantitative estimate of drug-likeness (QED) is 0.869. The molecule has 0 spiro atoms. The van der Waals surface area contributed by atoms with Crippen LogP contribution in [-0.4, -0.2) is 46.5 Å².